The van der Waals surface area contributed by atoms with Crippen molar-refractivity contribution in [1.29, 1.82) is 0 Å². The normalized spacial score (nSPS) is 11.2. The van der Waals surface area contributed by atoms with E-state index < -0.39 is 0 Å². The van der Waals surface area contributed by atoms with Gasteiger partial charge < -0.3 is 4.90 Å². The highest BCUT2D eigenvalue weighted by molar-refractivity contribution is 5.94. The van der Waals surface area contributed by atoms with Crippen LogP contribution in [0.2, 0.25) is 0 Å². The molecule has 0 unspecified atom stereocenters. The third-order valence-corrected chi connectivity index (χ3v) is 15.0. The zero-order chi connectivity index (χ0) is 54.6. The van der Waals surface area contributed by atoms with Gasteiger partial charge in [0.1, 0.15) is 11.4 Å². The molecule has 7 nitrogen and oxygen atoms in total. The summed E-state index contributed by atoms with van der Waals surface area (Å²) in [6.07, 6.45) is 0. The van der Waals surface area contributed by atoms with Crippen molar-refractivity contribution in [1.82, 2.24) is 29.3 Å². The summed E-state index contributed by atoms with van der Waals surface area (Å²) in [6, 6.07) is 113. The Morgan fingerprint density at radius 2 is 0.512 bits per heavy atom. The molecule has 14 rings (SSSR count). The van der Waals surface area contributed by atoms with Crippen LogP contribution in [0.3, 0.4) is 0 Å². The van der Waals surface area contributed by atoms with E-state index in [2.05, 4.69) is 328 Å². The van der Waals surface area contributed by atoms with Crippen molar-refractivity contribution in [2.45, 2.75) is 0 Å². The second-order valence-electron chi connectivity index (χ2n) is 20.1. The largest absolute Gasteiger partial charge is 0.310 e. The van der Waals surface area contributed by atoms with Crippen LogP contribution in [0.4, 0.5) is 17.1 Å². The first kappa shape index (κ1) is 49.2. The molecule has 7 heteroatoms. The van der Waals surface area contributed by atoms with Gasteiger partial charge in [-0.3, -0.25) is 0 Å². The zero-order valence-electron chi connectivity index (χ0n) is 44.7. The fraction of sp³-hybridized carbons (Fsp3) is 0. The maximum atomic E-state index is 5.48. The van der Waals surface area contributed by atoms with Crippen molar-refractivity contribution in [2.24, 2.45) is 0 Å². The second kappa shape index (κ2) is 21.9. The first-order chi connectivity index (χ1) is 40.7. The molecule has 14 aromatic rings. The number of hydrogen-bond donors (Lipinski definition) is 0. The van der Waals surface area contributed by atoms with Gasteiger partial charge in [-0.25, -0.2) is 14.0 Å². The SMILES string of the molecule is c1ccc(-c2cc(-c3ccccc3)n(-c3ccc(N(c4ccc(-n5nc(-c6ccccc6)c(-c6ccccc6)c5-c5ccccc5)cc4)c4ccc(-n5nc(-c6ccccc6)c(-c6ccccc6)c5-c5ccccc5)cc4)cc3)n2)cc1. The smallest absolute Gasteiger partial charge is 0.101 e. The van der Waals surface area contributed by atoms with Gasteiger partial charge in [0.05, 0.1) is 39.8 Å². The van der Waals surface area contributed by atoms with Crippen molar-refractivity contribution in [3.63, 3.8) is 0 Å². The summed E-state index contributed by atoms with van der Waals surface area (Å²) in [7, 11) is 0. The van der Waals surface area contributed by atoms with E-state index >= 15 is 0 Å². The van der Waals surface area contributed by atoms with Crippen LogP contribution in [0.25, 0.3) is 107 Å². The topological polar surface area (TPSA) is 56.7 Å². The molecule has 0 spiro atoms. The fourth-order valence-electron chi connectivity index (χ4n) is 11.1. The summed E-state index contributed by atoms with van der Waals surface area (Å²) in [5, 5.41) is 16.2. The van der Waals surface area contributed by atoms with E-state index in [4.69, 9.17) is 15.3 Å². The predicted molar refractivity (Wildman–Crippen MR) is 336 cm³/mol. The van der Waals surface area contributed by atoms with E-state index in [1.165, 1.54) is 0 Å². The monoisotopic (exact) mass is 1050 g/mol. The van der Waals surface area contributed by atoms with Crippen LogP contribution in [0, 0.1) is 0 Å². The number of hydrogen-bond acceptors (Lipinski definition) is 4. The standard InChI is InChI=1S/C75H53N7/c1-9-25-54(26-10-1)68-53-69(55-27-11-2-12-28-55)80(76-68)65-47-41-62(42-48-65)79(63-43-49-66(50-44-63)81-74(60-37-21-7-22-38-60)70(56-29-13-3-14-30-56)72(77-81)58-33-17-5-18-34-58)64-45-51-67(52-46-64)82-75(61-39-23-8-24-40-61)71(57-31-15-4-16-32-57)73(78-82)59-35-19-6-20-36-59/h1-53H. The Labute approximate surface area is 477 Å². The minimum absolute atomic E-state index is 0.907. The number of nitrogens with zero attached hydrogens (tertiary/aromatic N) is 7. The van der Waals surface area contributed by atoms with E-state index in [-0.39, 0.29) is 0 Å². The van der Waals surface area contributed by atoms with Gasteiger partial charge in [0.15, 0.2) is 0 Å². The molecular weight excluding hydrogens is 999 g/mol. The van der Waals surface area contributed by atoms with Crippen LogP contribution in [-0.4, -0.2) is 29.3 Å². The third kappa shape index (κ3) is 9.48. The average molecular weight is 1050 g/mol. The summed E-state index contributed by atoms with van der Waals surface area (Å²) in [5.74, 6) is 0. The van der Waals surface area contributed by atoms with Gasteiger partial charge >= 0.3 is 0 Å². The number of anilines is 3. The predicted octanol–water partition coefficient (Wildman–Crippen LogP) is 19.0. The Hall–Kier alpha value is -11.2. The molecule has 0 radical (unpaired) electrons. The molecule has 82 heavy (non-hydrogen) atoms. The summed E-state index contributed by atoms with van der Waals surface area (Å²) < 4.78 is 6.27. The summed E-state index contributed by atoms with van der Waals surface area (Å²) in [4.78, 5) is 2.31. The molecule has 3 aromatic heterocycles. The molecule has 0 aliphatic heterocycles. The van der Waals surface area contributed by atoms with E-state index in [0.29, 0.717) is 0 Å². The Balaban J connectivity index is 0.916. The first-order valence-electron chi connectivity index (χ1n) is 27.6. The fourth-order valence-corrected chi connectivity index (χ4v) is 11.1. The average Bonchev–Trinajstić information content (AvgIpc) is 4.50. The highest BCUT2D eigenvalue weighted by atomic mass is 15.3. The Kier molecular flexibility index (Phi) is 13.2. The molecule has 0 fully saturated rings. The maximum Gasteiger partial charge on any atom is 0.101 e. The van der Waals surface area contributed by atoms with Crippen LogP contribution in [0.1, 0.15) is 0 Å². The highest BCUT2D eigenvalue weighted by Crippen LogP contribution is 2.45. The van der Waals surface area contributed by atoms with Crippen LogP contribution in [0.5, 0.6) is 0 Å². The van der Waals surface area contributed by atoms with Crippen LogP contribution >= 0.6 is 0 Å². The van der Waals surface area contributed by atoms with Crippen molar-refractivity contribution in [3.05, 3.63) is 322 Å². The van der Waals surface area contributed by atoms with E-state index in [0.717, 1.165) is 124 Å². The maximum absolute atomic E-state index is 5.48. The molecule has 3 heterocycles. The molecule has 388 valence electrons. The number of benzene rings is 11. The molecule has 0 aliphatic carbocycles. The van der Waals surface area contributed by atoms with Crippen molar-refractivity contribution in [2.75, 3.05) is 4.90 Å². The first-order valence-corrected chi connectivity index (χ1v) is 27.6. The molecule has 0 bridgehead atoms. The summed E-state index contributed by atoms with van der Waals surface area (Å²) in [6.45, 7) is 0. The summed E-state index contributed by atoms with van der Waals surface area (Å²) >= 11 is 0. The molecular formula is C75H53N7. The molecule has 0 saturated heterocycles. The van der Waals surface area contributed by atoms with E-state index in [1.807, 2.05) is 12.1 Å². The van der Waals surface area contributed by atoms with Gasteiger partial charge in [-0.2, -0.15) is 15.3 Å². The zero-order valence-corrected chi connectivity index (χ0v) is 44.7. The van der Waals surface area contributed by atoms with Gasteiger partial charge in [0.25, 0.3) is 0 Å². The molecule has 11 aromatic carbocycles. The van der Waals surface area contributed by atoms with Crippen molar-refractivity contribution >= 4 is 17.1 Å². The van der Waals surface area contributed by atoms with Gasteiger partial charge in [0.2, 0.25) is 0 Å². The molecule has 0 atom stereocenters. The van der Waals surface area contributed by atoms with Crippen LogP contribution in [0.15, 0.2) is 322 Å². The molecule has 0 saturated carbocycles. The Morgan fingerprint density at radius 1 is 0.232 bits per heavy atom. The van der Waals surface area contributed by atoms with Gasteiger partial charge in [0, 0.05) is 61.6 Å². The van der Waals surface area contributed by atoms with Crippen molar-refractivity contribution < 1.29 is 0 Å². The molecule has 0 N–H and O–H groups in total. The van der Waals surface area contributed by atoms with Crippen LogP contribution in [-0.2, 0) is 0 Å². The quantitative estimate of drug-likeness (QED) is 0.109. The summed E-state index contributed by atoms with van der Waals surface area (Å²) in [5.41, 5.74) is 22.3. The lowest BCUT2D eigenvalue weighted by molar-refractivity contribution is 0.890. The highest BCUT2D eigenvalue weighted by Gasteiger charge is 2.26. The molecule has 0 amide bonds. The van der Waals surface area contributed by atoms with Crippen molar-refractivity contribution in [3.8, 4) is 107 Å². The lowest BCUT2D eigenvalue weighted by atomic mass is 9.96. The van der Waals surface area contributed by atoms with Crippen LogP contribution < -0.4 is 4.90 Å². The Morgan fingerprint density at radius 3 is 0.854 bits per heavy atom. The molecule has 0 aliphatic rings. The number of aromatic nitrogens is 6. The van der Waals surface area contributed by atoms with E-state index in [1.54, 1.807) is 0 Å². The van der Waals surface area contributed by atoms with Gasteiger partial charge in [-0.05, 0) is 90.0 Å². The Bertz CT molecular complexity index is 4200. The lowest BCUT2D eigenvalue weighted by Gasteiger charge is -2.26. The minimum atomic E-state index is 0.907. The van der Waals surface area contributed by atoms with Gasteiger partial charge in [-0.1, -0.05) is 243 Å². The van der Waals surface area contributed by atoms with Gasteiger partial charge in [-0.15, -0.1) is 0 Å². The minimum Gasteiger partial charge on any atom is -0.310 e. The second-order valence-corrected chi connectivity index (χ2v) is 20.1. The number of rotatable bonds is 14. The third-order valence-electron chi connectivity index (χ3n) is 15.0. The van der Waals surface area contributed by atoms with E-state index in [9.17, 15) is 0 Å². The lowest BCUT2D eigenvalue weighted by Crippen LogP contribution is -2.11.